The molecule has 136 valence electrons. The van der Waals surface area contributed by atoms with Gasteiger partial charge in [0.1, 0.15) is 5.75 Å². The van der Waals surface area contributed by atoms with Crippen molar-refractivity contribution < 1.29 is 17.9 Å². The van der Waals surface area contributed by atoms with Gasteiger partial charge in [0.2, 0.25) is 5.88 Å². The topological polar surface area (TPSA) is 77.2 Å². The molecule has 3 aromatic heterocycles. The van der Waals surface area contributed by atoms with Gasteiger partial charge in [-0.25, -0.2) is 4.98 Å². The molecule has 0 spiro atoms. The van der Waals surface area contributed by atoms with Crippen molar-refractivity contribution in [3.63, 3.8) is 0 Å². The van der Waals surface area contributed by atoms with Gasteiger partial charge in [-0.15, -0.1) is 15.3 Å². The molecule has 0 saturated carbocycles. The molecule has 0 aliphatic rings. The summed E-state index contributed by atoms with van der Waals surface area (Å²) in [6.45, 7) is 0. The van der Waals surface area contributed by atoms with E-state index < -0.39 is 12.0 Å². The Hall–Kier alpha value is -3.69. The quantitative estimate of drug-likeness (QED) is 0.582. The largest absolute Gasteiger partial charge is 0.453 e. The zero-order chi connectivity index (χ0) is 18.9. The standard InChI is InChI=1S/C17H11F3N6O/c18-17(19,20)16-24-23-14-8-7-13(25-26(14)16)22-11-4-3-5-12(10-11)27-15-6-1-2-9-21-15/h1-10H,(H,22,25). The van der Waals surface area contributed by atoms with E-state index in [9.17, 15) is 13.2 Å². The van der Waals surface area contributed by atoms with Gasteiger partial charge in [0.25, 0.3) is 5.82 Å². The van der Waals surface area contributed by atoms with Crippen LogP contribution in [0.1, 0.15) is 5.82 Å². The summed E-state index contributed by atoms with van der Waals surface area (Å²) in [5.74, 6) is -0.0512. The summed E-state index contributed by atoms with van der Waals surface area (Å²) in [6, 6.07) is 15.1. The lowest BCUT2D eigenvalue weighted by atomic mass is 10.3. The average Bonchev–Trinajstić information content (AvgIpc) is 3.06. The minimum atomic E-state index is -4.65. The molecule has 0 aliphatic carbocycles. The highest BCUT2D eigenvalue weighted by Crippen LogP contribution is 2.28. The first-order valence-electron chi connectivity index (χ1n) is 7.75. The number of anilines is 2. The van der Waals surface area contributed by atoms with Crippen LogP contribution in [0.3, 0.4) is 0 Å². The molecular weight excluding hydrogens is 361 g/mol. The van der Waals surface area contributed by atoms with Crippen molar-refractivity contribution in [2.45, 2.75) is 6.18 Å². The van der Waals surface area contributed by atoms with E-state index in [4.69, 9.17) is 4.74 Å². The third-order valence-electron chi connectivity index (χ3n) is 3.48. The smallest absolute Gasteiger partial charge is 0.439 e. The lowest BCUT2D eigenvalue weighted by molar-refractivity contribution is -0.146. The first-order chi connectivity index (χ1) is 13.0. The molecule has 7 nitrogen and oxygen atoms in total. The maximum atomic E-state index is 13.0. The molecule has 27 heavy (non-hydrogen) atoms. The first-order valence-corrected chi connectivity index (χ1v) is 7.75. The molecule has 3 heterocycles. The van der Waals surface area contributed by atoms with Crippen molar-refractivity contribution in [1.82, 2.24) is 24.8 Å². The van der Waals surface area contributed by atoms with Gasteiger partial charge in [0.05, 0.1) is 0 Å². The van der Waals surface area contributed by atoms with Gasteiger partial charge in [-0.1, -0.05) is 12.1 Å². The Bertz CT molecular complexity index is 1080. The summed E-state index contributed by atoms with van der Waals surface area (Å²) in [5.41, 5.74) is 0.581. The Balaban J connectivity index is 1.60. The molecule has 0 fully saturated rings. The number of halogens is 3. The highest BCUT2D eigenvalue weighted by molar-refractivity contribution is 5.59. The molecule has 0 unspecified atom stereocenters. The number of benzene rings is 1. The Morgan fingerprint density at radius 1 is 0.963 bits per heavy atom. The van der Waals surface area contributed by atoms with Crippen LogP contribution in [0, 0.1) is 0 Å². The van der Waals surface area contributed by atoms with Crippen LogP contribution in [0.15, 0.2) is 60.8 Å². The Morgan fingerprint density at radius 2 is 1.85 bits per heavy atom. The number of ether oxygens (including phenoxy) is 1. The van der Waals surface area contributed by atoms with Gasteiger partial charge < -0.3 is 10.1 Å². The molecule has 0 bridgehead atoms. The number of rotatable bonds is 4. The van der Waals surface area contributed by atoms with E-state index in [1.54, 1.807) is 48.7 Å². The van der Waals surface area contributed by atoms with Crippen molar-refractivity contribution >= 4 is 17.2 Å². The van der Waals surface area contributed by atoms with Gasteiger partial charge >= 0.3 is 6.18 Å². The van der Waals surface area contributed by atoms with Crippen LogP contribution in [0.2, 0.25) is 0 Å². The summed E-state index contributed by atoms with van der Waals surface area (Å²) < 4.78 is 45.2. The normalized spacial score (nSPS) is 11.5. The molecule has 0 aliphatic heterocycles. The van der Waals surface area contributed by atoms with Crippen LogP contribution in [0.25, 0.3) is 5.65 Å². The van der Waals surface area contributed by atoms with Crippen molar-refractivity contribution in [3.8, 4) is 11.6 Å². The van der Waals surface area contributed by atoms with Crippen molar-refractivity contribution in [2.75, 3.05) is 5.32 Å². The second kappa shape index (κ2) is 6.56. The second-order valence-electron chi connectivity index (χ2n) is 5.43. The third-order valence-corrected chi connectivity index (χ3v) is 3.48. The molecule has 4 aromatic rings. The predicted octanol–water partition coefficient (Wildman–Crippen LogP) is 4.07. The number of nitrogens with zero attached hydrogens (tertiary/aromatic N) is 5. The summed E-state index contributed by atoms with van der Waals surface area (Å²) in [6.07, 6.45) is -3.05. The molecule has 0 atom stereocenters. The Kier molecular flexibility index (Phi) is 4.07. The van der Waals surface area contributed by atoms with Crippen LogP contribution in [0.4, 0.5) is 24.7 Å². The van der Waals surface area contributed by atoms with Gasteiger partial charge in [0.15, 0.2) is 11.5 Å². The van der Waals surface area contributed by atoms with Crippen LogP contribution >= 0.6 is 0 Å². The Morgan fingerprint density at radius 3 is 2.63 bits per heavy atom. The fourth-order valence-corrected chi connectivity index (χ4v) is 2.35. The van der Waals surface area contributed by atoms with E-state index in [1.807, 2.05) is 0 Å². The zero-order valence-electron chi connectivity index (χ0n) is 13.6. The zero-order valence-corrected chi connectivity index (χ0v) is 13.6. The molecule has 1 N–H and O–H groups in total. The first kappa shape index (κ1) is 16.8. The molecule has 0 radical (unpaired) electrons. The number of hydrogen-bond donors (Lipinski definition) is 1. The van der Waals surface area contributed by atoms with E-state index in [2.05, 4.69) is 25.6 Å². The number of nitrogens with one attached hydrogen (secondary N) is 1. The van der Waals surface area contributed by atoms with Crippen molar-refractivity contribution in [2.24, 2.45) is 0 Å². The number of hydrogen-bond acceptors (Lipinski definition) is 6. The van der Waals surface area contributed by atoms with Crippen LogP contribution < -0.4 is 10.1 Å². The van der Waals surface area contributed by atoms with E-state index in [0.717, 1.165) is 0 Å². The van der Waals surface area contributed by atoms with Crippen molar-refractivity contribution in [3.05, 3.63) is 66.6 Å². The summed E-state index contributed by atoms with van der Waals surface area (Å²) >= 11 is 0. The molecular formula is C17H11F3N6O. The highest BCUT2D eigenvalue weighted by Gasteiger charge is 2.37. The molecule has 4 rings (SSSR count). The minimum absolute atomic E-state index is 0.000103. The summed E-state index contributed by atoms with van der Waals surface area (Å²) in [7, 11) is 0. The fourth-order valence-electron chi connectivity index (χ4n) is 2.35. The fraction of sp³-hybridized carbons (Fsp3) is 0.0588. The average molecular weight is 372 g/mol. The predicted molar refractivity (Wildman–Crippen MR) is 89.8 cm³/mol. The van der Waals surface area contributed by atoms with Gasteiger partial charge in [-0.2, -0.15) is 17.7 Å². The van der Waals surface area contributed by atoms with Crippen LogP contribution in [0.5, 0.6) is 11.6 Å². The maximum Gasteiger partial charge on any atom is 0.453 e. The maximum absolute atomic E-state index is 13.0. The number of aromatic nitrogens is 5. The van der Waals surface area contributed by atoms with E-state index in [0.29, 0.717) is 21.8 Å². The monoisotopic (exact) mass is 372 g/mol. The van der Waals surface area contributed by atoms with E-state index in [1.165, 1.54) is 12.1 Å². The number of alkyl halides is 3. The summed E-state index contributed by atoms with van der Waals surface area (Å²) in [5, 5.41) is 13.5. The van der Waals surface area contributed by atoms with Gasteiger partial charge in [0, 0.05) is 24.0 Å². The number of pyridine rings is 1. The molecule has 1 aromatic carbocycles. The molecule has 0 amide bonds. The third kappa shape index (κ3) is 3.64. The number of fused-ring (bicyclic) bond motifs is 1. The van der Waals surface area contributed by atoms with E-state index >= 15 is 0 Å². The van der Waals surface area contributed by atoms with Gasteiger partial charge in [-0.3, -0.25) is 0 Å². The lowest BCUT2D eigenvalue weighted by Gasteiger charge is -2.09. The van der Waals surface area contributed by atoms with Crippen molar-refractivity contribution in [1.29, 1.82) is 0 Å². The SMILES string of the molecule is FC(F)(F)c1nnc2ccc(Nc3cccc(Oc4ccccn4)c3)nn12. The van der Waals surface area contributed by atoms with E-state index in [-0.39, 0.29) is 11.5 Å². The van der Waals surface area contributed by atoms with Crippen LogP contribution in [-0.2, 0) is 6.18 Å². The van der Waals surface area contributed by atoms with Crippen LogP contribution in [-0.4, -0.2) is 24.8 Å². The van der Waals surface area contributed by atoms with Gasteiger partial charge in [-0.05, 0) is 30.3 Å². The highest BCUT2D eigenvalue weighted by atomic mass is 19.4. The minimum Gasteiger partial charge on any atom is -0.439 e. The molecule has 10 heteroatoms. The summed E-state index contributed by atoms with van der Waals surface area (Å²) in [4.78, 5) is 4.07. The molecule has 0 saturated heterocycles. The lowest BCUT2D eigenvalue weighted by Crippen LogP contribution is -2.13. The Labute approximate surface area is 150 Å². The second-order valence-corrected chi connectivity index (χ2v) is 5.43.